The van der Waals surface area contributed by atoms with Crippen molar-refractivity contribution in [1.82, 2.24) is 5.32 Å². The minimum atomic E-state index is -0.267. The van der Waals surface area contributed by atoms with Gasteiger partial charge in [-0.25, -0.2) is 4.39 Å². The summed E-state index contributed by atoms with van der Waals surface area (Å²) in [6.07, 6.45) is 2.59. The van der Waals surface area contributed by atoms with E-state index >= 15 is 0 Å². The van der Waals surface area contributed by atoms with Crippen LogP contribution < -0.4 is 10.1 Å². The van der Waals surface area contributed by atoms with Gasteiger partial charge in [0.25, 0.3) is 0 Å². The molecule has 1 aliphatic carbocycles. The van der Waals surface area contributed by atoms with Gasteiger partial charge >= 0.3 is 0 Å². The predicted molar refractivity (Wildman–Crippen MR) is 74.4 cm³/mol. The van der Waals surface area contributed by atoms with Crippen molar-refractivity contribution in [2.24, 2.45) is 5.41 Å². The fraction of sp³-hybridized carbons (Fsp3) is 0.571. The molecule has 2 rings (SSSR count). The number of nitrogens with one attached hydrogen (secondary N) is 1. The van der Waals surface area contributed by atoms with Crippen molar-refractivity contribution in [2.75, 3.05) is 13.2 Å². The van der Waals surface area contributed by atoms with Crippen molar-refractivity contribution < 1.29 is 9.13 Å². The normalized spacial score (nSPS) is 15.8. The zero-order chi connectivity index (χ0) is 13.2. The minimum absolute atomic E-state index is 0.0729. The zero-order valence-electron chi connectivity index (χ0n) is 10.8. The number of hydrogen-bond donors (Lipinski definition) is 1. The van der Waals surface area contributed by atoms with Crippen molar-refractivity contribution in [2.45, 2.75) is 32.7 Å². The third kappa shape index (κ3) is 4.25. The van der Waals surface area contributed by atoms with E-state index in [4.69, 9.17) is 4.74 Å². The van der Waals surface area contributed by atoms with Crippen LogP contribution >= 0.6 is 15.9 Å². The fourth-order valence-corrected chi connectivity index (χ4v) is 1.96. The van der Waals surface area contributed by atoms with Crippen LogP contribution in [-0.2, 0) is 0 Å². The SMILES string of the molecule is CC(C)(CNC1CC1)COc1ccc(F)c(Br)c1. The maximum atomic E-state index is 13.1. The van der Waals surface area contributed by atoms with E-state index in [1.54, 1.807) is 12.1 Å². The molecule has 1 fully saturated rings. The minimum Gasteiger partial charge on any atom is -0.493 e. The molecule has 0 saturated heterocycles. The largest absolute Gasteiger partial charge is 0.493 e. The summed E-state index contributed by atoms with van der Waals surface area (Å²) in [7, 11) is 0. The Balaban J connectivity index is 1.82. The van der Waals surface area contributed by atoms with E-state index in [0.29, 0.717) is 22.9 Å². The molecule has 0 amide bonds. The van der Waals surface area contributed by atoms with Gasteiger partial charge in [-0.2, -0.15) is 0 Å². The number of hydrogen-bond acceptors (Lipinski definition) is 2. The summed E-state index contributed by atoms with van der Waals surface area (Å²) in [6, 6.07) is 5.45. The Bertz CT molecular complexity index is 418. The van der Waals surface area contributed by atoms with Gasteiger partial charge in [0.2, 0.25) is 0 Å². The standard InChI is InChI=1S/C14H19BrFNO/c1-14(2,8-17-10-3-4-10)9-18-11-5-6-13(16)12(15)7-11/h5-7,10,17H,3-4,8-9H2,1-2H3. The Hall–Kier alpha value is -0.610. The van der Waals surface area contributed by atoms with Crippen LogP contribution in [0.25, 0.3) is 0 Å². The summed E-state index contributed by atoms with van der Waals surface area (Å²) < 4.78 is 19.2. The lowest BCUT2D eigenvalue weighted by molar-refractivity contribution is 0.175. The van der Waals surface area contributed by atoms with Crippen LogP contribution in [0.15, 0.2) is 22.7 Å². The summed E-state index contributed by atoms with van der Waals surface area (Å²) in [5.74, 6) is 0.430. The molecule has 0 radical (unpaired) electrons. The lowest BCUT2D eigenvalue weighted by Crippen LogP contribution is -2.35. The molecule has 1 aromatic carbocycles. The van der Waals surface area contributed by atoms with E-state index in [9.17, 15) is 4.39 Å². The van der Waals surface area contributed by atoms with Crippen LogP contribution in [0.3, 0.4) is 0 Å². The monoisotopic (exact) mass is 315 g/mol. The molecule has 2 nitrogen and oxygen atoms in total. The van der Waals surface area contributed by atoms with E-state index in [0.717, 1.165) is 6.54 Å². The molecule has 0 bridgehead atoms. The Kier molecular flexibility index (Phi) is 4.28. The maximum Gasteiger partial charge on any atom is 0.137 e. The highest BCUT2D eigenvalue weighted by molar-refractivity contribution is 9.10. The van der Waals surface area contributed by atoms with Gasteiger partial charge in [-0.1, -0.05) is 13.8 Å². The van der Waals surface area contributed by atoms with Crippen LogP contribution in [0.2, 0.25) is 0 Å². The second-order valence-electron chi connectivity index (χ2n) is 5.68. The van der Waals surface area contributed by atoms with E-state index in [2.05, 4.69) is 35.1 Å². The lowest BCUT2D eigenvalue weighted by atomic mass is 9.95. The fourth-order valence-electron chi connectivity index (χ4n) is 1.60. The molecule has 0 aromatic heterocycles. The van der Waals surface area contributed by atoms with Crippen LogP contribution in [0, 0.1) is 11.2 Å². The highest BCUT2D eigenvalue weighted by atomic mass is 79.9. The molecule has 18 heavy (non-hydrogen) atoms. The Morgan fingerprint density at radius 3 is 2.78 bits per heavy atom. The molecule has 0 unspecified atom stereocenters. The number of rotatable bonds is 6. The van der Waals surface area contributed by atoms with Crippen LogP contribution in [0.1, 0.15) is 26.7 Å². The predicted octanol–water partition coefficient (Wildman–Crippen LogP) is 3.75. The molecular weight excluding hydrogens is 297 g/mol. The number of benzene rings is 1. The van der Waals surface area contributed by atoms with E-state index in [1.165, 1.54) is 18.9 Å². The second kappa shape index (κ2) is 5.57. The van der Waals surface area contributed by atoms with Crippen LogP contribution in [-0.4, -0.2) is 19.2 Å². The summed E-state index contributed by atoms with van der Waals surface area (Å²) in [5.41, 5.74) is 0.0729. The molecule has 100 valence electrons. The molecule has 0 atom stereocenters. The molecule has 1 aliphatic rings. The van der Waals surface area contributed by atoms with Crippen molar-refractivity contribution in [1.29, 1.82) is 0 Å². The molecular formula is C14H19BrFNO. The smallest absolute Gasteiger partial charge is 0.137 e. The van der Waals surface area contributed by atoms with Gasteiger partial charge in [0.15, 0.2) is 0 Å². The molecule has 1 aromatic rings. The average Bonchev–Trinajstić information content (AvgIpc) is 3.12. The molecule has 0 heterocycles. The van der Waals surface area contributed by atoms with Crippen LogP contribution in [0.5, 0.6) is 5.75 Å². The van der Waals surface area contributed by atoms with Crippen molar-refractivity contribution in [3.8, 4) is 5.75 Å². The molecule has 1 N–H and O–H groups in total. The zero-order valence-corrected chi connectivity index (χ0v) is 12.4. The van der Waals surface area contributed by atoms with Gasteiger partial charge in [-0.15, -0.1) is 0 Å². The van der Waals surface area contributed by atoms with E-state index in [-0.39, 0.29) is 11.2 Å². The van der Waals surface area contributed by atoms with Crippen molar-refractivity contribution in [3.63, 3.8) is 0 Å². The van der Waals surface area contributed by atoms with Gasteiger partial charge < -0.3 is 10.1 Å². The highest BCUT2D eigenvalue weighted by Crippen LogP contribution is 2.25. The number of halogens is 2. The van der Waals surface area contributed by atoms with Crippen molar-refractivity contribution >= 4 is 15.9 Å². The molecule has 0 spiro atoms. The van der Waals surface area contributed by atoms with Crippen LogP contribution in [0.4, 0.5) is 4.39 Å². The first kappa shape index (κ1) is 13.8. The Morgan fingerprint density at radius 2 is 2.17 bits per heavy atom. The summed E-state index contributed by atoms with van der Waals surface area (Å²) in [4.78, 5) is 0. The Labute approximate surface area is 116 Å². The first-order chi connectivity index (χ1) is 8.46. The summed E-state index contributed by atoms with van der Waals surface area (Å²) in [5, 5.41) is 3.50. The average molecular weight is 316 g/mol. The first-order valence-corrected chi connectivity index (χ1v) is 7.07. The number of ether oxygens (including phenoxy) is 1. The molecule has 4 heteroatoms. The van der Waals surface area contributed by atoms with Gasteiger partial charge in [0.1, 0.15) is 11.6 Å². The van der Waals surface area contributed by atoms with Gasteiger partial charge in [0.05, 0.1) is 11.1 Å². The van der Waals surface area contributed by atoms with E-state index < -0.39 is 0 Å². The lowest BCUT2D eigenvalue weighted by Gasteiger charge is -2.25. The van der Waals surface area contributed by atoms with Gasteiger partial charge in [-0.3, -0.25) is 0 Å². The maximum absolute atomic E-state index is 13.1. The highest BCUT2D eigenvalue weighted by Gasteiger charge is 2.25. The third-order valence-electron chi connectivity index (χ3n) is 2.97. The van der Waals surface area contributed by atoms with Crippen molar-refractivity contribution in [3.05, 3.63) is 28.5 Å². The molecule has 1 saturated carbocycles. The van der Waals surface area contributed by atoms with Gasteiger partial charge in [-0.05, 0) is 47.0 Å². The quantitative estimate of drug-likeness (QED) is 0.863. The van der Waals surface area contributed by atoms with E-state index in [1.807, 2.05) is 0 Å². The second-order valence-corrected chi connectivity index (χ2v) is 6.54. The first-order valence-electron chi connectivity index (χ1n) is 6.27. The summed E-state index contributed by atoms with van der Waals surface area (Å²) >= 11 is 3.16. The third-order valence-corrected chi connectivity index (χ3v) is 3.57. The molecule has 0 aliphatic heterocycles. The summed E-state index contributed by atoms with van der Waals surface area (Å²) in [6.45, 7) is 5.90. The Morgan fingerprint density at radius 1 is 1.44 bits per heavy atom. The van der Waals surface area contributed by atoms with Gasteiger partial charge in [0, 0.05) is 18.0 Å². The topological polar surface area (TPSA) is 21.3 Å².